The smallest absolute Gasteiger partial charge is 0.336 e. The number of rotatable bonds is 1. The monoisotopic (exact) mass is 303 g/mol. The average molecular weight is 303 g/mol. The number of fused-ring (bicyclic) bond motifs is 1. The Labute approximate surface area is 95.4 Å². The normalized spacial score (nSPS) is 19.4. The molecule has 0 saturated carbocycles. The first-order chi connectivity index (χ1) is 6.61. The molecule has 1 aromatic rings. The van der Waals surface area contributed by atoms with Crippen molar-refractivity contribution < 1.29 is 9.90 Å². The standard InChI is InChI=1S/C10H10INO2/c11-9-6(10(13)14)3-1-5-2-4-7(12)8(5)9/h1,3,7H,2,4,12H2,(H,13,14)/t7-/m0/s1. The van der Waals surface area contributed by atoms with Crippen molar-refractivity contribution in [2.24, 2.45) is 5.73 Å². The van der Waals surface area contributed by atoms with E-state index < -0.39 is 5.97 Å². The average Bonchev–Trinajstić information content (AvgIpc) is 2.48. The highest BCUT2D eigenvalue weighted by Crippen LogP contribution is 2.34. The van der Waals surface area contributed by atoms with Crippen LogP contribution in [0.5, 0.6) is 0 Å². The molecule has 0 aliphatic heterocycles. The Morgan fingerprint density at radius 2 is 2.29 bits per heavy atom. The van der Waals surface area contributed by atoms with Crippen LogP contribution < -0.4 is 5.73 Å². The van der Waals surface area contributed by atoms with Gasteiger partial charge in [-0.05, 0) is 52.6 Å². The molecule has 2 rings (SSSR count). The van der Waals surface area contributed by atoms with E-state index in [2.05, 4.69) is 22.6 Å². The van der Waals surface area contributed by atoms with Crippen LogP contribution in [0.15, 0.2) is 12.1 Å². The predicted molar refractivity (Wildman–Crippen MR) is 61.4 cm³/mol. The van der Waals surface area contributed by atoms with E-state index in [0.29, 0.717) is 5.56 Å². The molecule has 1 aromatic carbocycles. The number of aryl methyl sites for hydroxylation is 1. The summed E-state index contributed by atoms with van der Waals surface area (Å²) < 4.78 is 0.803. The van der Waals surface area contributed by atoms with Crippen LogP contribution in [0, 0.1) is 3.57 Å². The van der Waals surface area contributed by atoms with Crippen LogP contribution in [0.2, 0.25) is 0 Å². The van der Waals surface area contributed by atoms with Crippen molar-refractivity contribution >= 4 is 28.6 Å². The Kier molecular flexibility index (Phi) is 2.48. The van der Waals surface area contributed by atoms with Gasteiger partial charge in [-0.15, -0.1) is 0 Å². The summed E-state index contributed by atoms with van der Waals surface area (Å²) in [5.74, 6) is -0.878. The highest BCUT2D eigenvalue weighted by molar-refractivity contribution is 14.1. The topological polar surface area (TPSA) is 63.3 Å². The van der Waals surface area contributed by atoms with E-state index in [1.807, 2.05) is 6.07 Å². The van der Waals surface area contributed by atoms with Gasteiger partial charge < -0.3 is 10.8 Å². The van der Waals surface area contributed by atoms with Gasteiger partial charge in [-0.2, -0.15) is 0 Å². The Bertz CT molecular complexity index is 403. The number of aromatic carboxylic acids is 1. The number of benzene rings is 1. The van der Waals surface area contributed by atoms with Crippen molar-refractivity contribution in [2.75, 3.05) is 0 Å². The molecule has 0 unspecified atom stereocenters. The van der Waals surface area contributed by atoms with Gasteiger partial charge in [-0.1, -0.05) is 6.07 Å². The van der Waals surface area contributed by atoms with Gasteiger partial charge in [0.15, 0.2) is 0 Å². The van der Waals surface area contributed by atoms with E-state index in [1.54, 1.807) is 6.07 Å². The lowest BCUT2D eigenvalue weighted by molar-refractivity contribution is 0.0695. The maximum atomic E-state index is 10.9. The van der Waals surface area contributed by atoms with E-state index in [0.717, 1.165) is 22.0 Å². The fraction of sp³-hybridized carbons (Fsp3) is 0.300. The van der Waals surface area contributed by atoms with Gasteiger partial charge in [0.25, 0.3) is 0 Å². The van der Waals surface area contributed by atoms with E-state index >= 15 is 0 Å². The number of hydrogen-bond acceptors (Lipinski definition) is 2. The van der Waals surface area contributed by atoms with Crippen LogP contribution in [0.4, 0.5) is 0 Å². The van der Waals surface area contributed by atoms with E-state index in [4.69, 9.17) is 10.8 Å². The molecule has 1 aliphatic carbocycles. The molecule has 0 amide bonds. The van der Waals surface area contributed by atoms with Gasteiger partial charge >= 0.3 is 5.97 Å². The summed E-state index contributed by atoms with van der Waals surface area (Å²) in [6, 6.07) is 3.56. The third kappa shape index (κ3) is 1.42. The minimum absolute atomic E-state index is 0.0104. The van der Waals surface area contributed by atoms with Crippen LogP contribution >= 0.6 is 22.6 Å². The van der Waals surface area contributed by atoms with Crippen molar-refractivity contribution in [1.29, 1.82) is 0 Å². The molecule has 74 valence electrons. The van der Waals surface area contributed by atoms with Crippen molar-refractivity contribution in [3.8, 4) is 0 Å². The lowest BCUT2D eigenvalue weighted by Gasteiger charge is -2.09. The maximum absolute atomic E-state index is 10.9. The second-order valence-corrected chi connectivity index (χ2v) is 4.53. The van der Waals surface area contributed by atoms with Crippen molar-refractivity contribution in [3.63, 3.8) is 0 Å². The molecule has 0 aromatic heterocycles. The molecule has 0 spiro atoms. The summed E-state index contributed by atoms with van der Waals surface area (Å²) in [5, 5.41) is 8.94. The number of nitrogens with two attached hydrogens (primary N) is 1. The van der Waals surface area contributed by atoms with Gasteiger partial charge in [-0.25, -0.2) is 4.79 Å². The number of carboxylic acids is 1. The summed E-state index contributed by atoms with van der Waals surface area (Å²) in [7, 11) is 0. The third-order valence-corrected chi connectivity index (χ3v) is 3.76. The summed E-state index contributed by atoms with van der Waals surface area (Å²) in [6.45, 7) is 0. The van der Waals surface area contributed by atoms with Crippen molar-refractivity contribution in [2.45, 2.75) is 18.9 Å². The zero-order chi connectivity index (χ0) is 10.3. The number of halogens is 1. The van der Waals surface area contributed by atoms with E-state index in [9.17, 15) is 4.79 Å². The molecule has 14 heavy (non-hydrogen) atoms. The highest BCUT2D eigenvalue weighted by Gasteiger charge is 2.24. The Balaban J connectivity index is 2.61. The lowest BCUT2D eigenvalue weighted by Crippen LogP contribution is -2.10. The second kappa shape index (κ2) is 3.51. The Morgan fingerprint density at radius 1 is 1.57 bits per heavy atom. The molecule has 1 aliphatic rings. The third-order valence-electron chi connectivity index (χ3n) is 2.60. The minimum Gasteiger partial charge on any atom is -0.478 e. The molecular formula is C10H10INO2. The van der Waals surface area contributed by atoms with Crippen LogP contribution in [0.25, 0.3) is 0 Å². The summed E-state index contributed by atoms with van der Waals surface area (Å²) in [6.07, 6.45) is 1.89. The summed E-state index contributed by atoms with van der Waals surface area (Å²) in [5.41, 5.74) is 8.51. The van der Waals surface area contributed by atoms with E-state index in [-0.39, 0.29) is 6.04 Å². The fourth-order valence-electron chi connectivity index (χ4n) is 1.87. The Morgan fingerprint density at radius 3 is 2.93 bits per heavy atom. The van der Waals surface area contributed by atoms with Crippen LogP contribution in [-0.2, 0) is 6.42 Å². The number of hydrogen-bond donors (Lipinski definition) is 2. The van der Waals surface area contributed by atoms with Crippen LogP contribution in [-0.4, -0.2) is 11.1 Å². The zero-order valence-corrected chi connectivity index (χ0v) is 9.61. The fourth-order valence-corrected chi connectivity index (χ4v) is 3.03. The van der Waals surface area contributed by atoms with Gasteiger partial charge in [-0.3, -0.25) is 0 Å². The highest BCUT2D eigenvalue weighted by atomic mass is 127. The van der Waals surface area contributed by atoms with Gasteiger partial charge in [0.1, 0.15) is 0 Å². The van der Waals surface area contributed by atoms with Crippen molar-refractivity contribution in [1.82, 2.24) is 0 Å². The molecule has 1 atom stereocenters. The molecule has 0 fully saturated rings. The van der Waals surface area contributed by atoms with Crippen molar-refractivity contribution in [3.05, 3.63) is 32.4 Å². The second-order valence-electron chi connectivity index (χ2n) is 3.45. The van der Waals surface area contributed by atoms with Crippen LogP contribution in [0.3, 0.4) is 0 Å². The number of carbonyl (C=O) groups is 1. The molecule has 0 saturated heterocycles. The molecule has 0 heterocycles. The molecule has 0 radical (unpaired) electrons. The quantitative estimate of drug-likeness (QED) is 0.779. The molecule has 3 N–H and O–H groups in total. The molecule has 4 heteroatoms. The minimum atomic E-state index is -0.878. The molecular weight excluding hydrogens is 293 g/mol. The lowest BCUT2D eigenvalue weighted by atomic mass is 10.0. The number of carboxylic acid groups (broad SMARTS) is 1. The maximum Gasteiger partial charge on any atom is 0.336 e. The van der Waals surface area contributed by atoms with Gasteiger partial charge in [0.2, 0.25) is 0 Å². The summed E-state index contributed by atoms with van der Waals surface area (Å²) >= 11 is 2.08. The molecule has 0 bridgehead atoms. The summed E-state index contributed by atoms with van der Waals surface area (Å²) in [4.78, 5) is 10.9. The van der Waals surface area contributed by atoms with Crippen LogP contribution in [0.1, 0.15) is 33.9 Å². The predicted octanol–water partition coefficient (Wildman–Crippen LogP) is 1.94. The SMILES string of the molecule is N[C@H]1CCc2ccc(C(=O)O)c(I)c21. The molecule has 3 nitrogen and oxygen atoms in total. The first-order valence-corrected chi connectivity index (χ1v) is 5.49. The van der Waals surface area contributed by atoms with Gasteiger partial charge in [0, 0.05) is 9.61 Å². The first-order valence-electron chi connectivity index (χ1n) is 4.41. The van der Waals surface area contributed by atoms with E-state index in [1.165, 1.54) is 5.56 Å². The van der Waals surface area contributed by atoms with Gasteiger partial charge in [0.05, 0.1) is 5.56 Å². The largest absolute Gasteiger partial charge is 0.478 e. The zero-order valence-electron chi connectivity index (χ0n) is 7.46. The Hall–Kier alpha value is -0.620. The first kappa shape index (κ1) is 9.92.